The summed E-state index contributed by atoms with van der Waals surface area (Å²) in [6.07, 6.45) is 1.34. The summed E-state index contributed by atoms with van der Waals surface area (Å²) in [5.41, 5.74) is 1.39. The molecule has 0 bridgehead atoms. The highest BCUT2D eigenvalue weighted by atomic mass is 19.3. The molecule has 0 radical (unpaired) electrons. The smallest absolute Gasteiger partial charge is 0.387 e. The SMILES string of the molecule is COc1cc(/C=C(\C#N)C(=O)c2ccccc2C)cc(OC)c1OC(F)F. The molecular weight excluding hydrogens is 356 g/mol. The number of alkyl halides is 2. The highest BCUT2D eigenvalue weighted by molar-refractivity contribution is 6.14. The summed E-state index contributed by atoms with van der Waals surface area (Å²) in [7, 11) is 2.56. The number of methoxy groups -OCH3 is 2. The van der Waals surface area contributed by atoms with Crippen LogP contribution in [0.2, 0.25) is 0 Å². The van der Waals surface area contributed by atoms with Crippen LogP contribution in [-0.4, -0.2) is 26.6 Å². The van der Waals surface area contributed by atoms with Crippen molar-refractivity contribution in [2.24, 2.45) is 0 Å². The molecule has 0 N–H and O–H groups in total. The Balaban J connectivity index is 2.51. The van der Waals surface area contributed by atoms with Crippen molar-refractivity contribution in [2.45, 2.75) is 13.5 Å². The fourth-order valence-corrected chi connectivity index (χ4v) is 2.48. The van der Waals surface area contributed by atoms with Crippen molar-refractivity contribution in [3.8, 4) is 23.3 Å². The number of rotatable bonds is 7. The van der Waals surface area contributed by atoms with E-state index in [9.17, 15) is 18.8 Å². The van der Waals surface area contributed by atoms with Crippen LogP contribution in [0.3, 0.4) is 0 Å². The fraction of sp³-hybridized carbons (Fsp3) is 0.200. The van der Waals surface area contributed by atoms with Crippen molar-refractivity contribution in [1.29, 1.82) is 5.26 Å². The Labute approximate surface area is 155 Å². The molecule has 27 heavy (non-hydrogen) atoms. The number of carbonyl (C=O) groups is 1. The van der Waals surface area contributed by atoms with Crippen LogP contribution in [-0.2, 0) is 0 Å². The predicted molar refractivity (Wildman–Crippen MR) is 95.3 cm³/mol. The van der Waals surface area contributed by atoms with Gasteiger partial charge >= 0.3 is 6.61 Å². The minimum Gasteiger partial charge on any atom is -0.493 e. The summed E-state index contributed by atoms with van der Waals surface area (Å²) < 4.78 is 39.8. The van der Waals surface area contributed by atoms with E-state index < -0.39 is 12.4 Å². The molecule has 0 aliphatic rings. The Morgan fingerprint density at radius 1 is 1.15 bits per heavy atom. The average Bonchev–Trinajstić information content (AvgIpc) is 2.66. The van der Waals surface area contributed by atoms with E-state index in [-0.39, 0.29) is 22.8 Å². The molecule has 0 aliphatic heterocycles. The fourth-order valence-electron chi connectivity index (χ4n) is 2.48. The van der Waals surface area contributed by atoms with Crippen LogP contribution in [0.1, 0.15) is 21.5 Å². The molecular formula is C20H17F2NO4. The molecule has 0 saturated carbocycles. The summed E-state index contributed by atoms with van der Waals surface area (Å²) in [5, 5.41) is 9.41. The van der Waals surface area contributed by atoms with Crippen LogP contribution in [0.15, 0.2) is 42.0 Å². The normalized spacial score (nSPS) is 11.1. The maximum absolute atomic E-state index is 12.6. The van der Waals surface area contributed by atoms with E-state index in [0.717, 1.165) is 5.56 Å². The molecule has 2 rings (SSSR count). The van der Waals surface area contributed by atoms with Gasteiger partial charge < -0.3 is 14.2 Å². The number of allylic oxidation sites excluding steroid dienone is 1. The predicted octanol–water partition coefficient (Wildman–Crippen LogP) is 4.40. The molecule has 0 fully saturated rings. The number of aryl methyl sites for hydroxylation is 1. The van der Waals surface area contributed by atoms with Gasteiger partial charge in [0.25, 0.3) is 0 Å². The third-order valence-electron chi connectivity index (χ3n) is 3.76. The number of nitriles is 1. The van der Waals surface area contributed by atoms with E-state index in [4.69, 9.17) is 9.47 Å². The number of ether oxygens (including phenoxy) is 3. The maximum Gasteiger partial charge on any atom is 0.387 e. The quantitative estimate of drug-likeness (QED) is 0.409. The van der Waals surface area contributed by atoms with Crippen LogP contribution < -0.4 is 14.2 Å². The number of ketones is 1. The first-order valence-electron chi connectivity index (χ1n) is 7.84. The second-order valence-corrected chi connectivity index (χ2v) is 5.45. The third-order valence-corrected chi connectivity index (χ3v) is 3.76. The topological polar surface area (TPSA) is 68.5 Å². The van der Waals surface area contributed by atoms with Crippen LogP contribution in [0.4, 0.5) is 8.78 Å². The zero-order valence-corrected chi connectivity index (χ0v) is 15.0. The van der Waals surface area contributed by atoms with Crippen LogP contribution in [0.25, 0.3) is 6.08 Å². The lowest BCUT2D eigenvalue weighted by molar-refractivity contribution is -0.0526. The largest absolute Gasteiger partial charge is 0.493 e. The Morgan fingerprint density at radius 3 is 2.22 bits per heavy atom. The molecule has 0 saturated heterocycles. The summed E-state index contributed by atoms with van der Waals surface area (Å²) >= 11 is 0. The number of hydrogen-bond donors (Lipinski definition) is 0. The number of halogens is 2. The lowest BCUT2D eigenvalue weighted by Crippen LogP contribution is -2.06. The van der Waals surface area contributed by atoms with Crippen molar-refractivity contribution in [2.75, 3.05) is 14.2 Å². The number of nitrogens with zero attached hydrogens (tertiary/aromatic N) is 1. The highest BCUT2D eigenvalue weighted by Crippen LogP contribution is 2.40. The minimum atomic E-state index is -3.06. The Morgan fingerprint density at radius 2 is 1.74 bits per heavy atom. The summed E-state index contributed by atoms with van der Waals surface area (Å²) in [6.45, 7) is -1.29. The summed E-state index contributed by atoms with van der Waals surface area (Å²) in [6, 6.07) is 11.5. The Kier molecular flexibility index (Phi) is 6.50. The van der Waals surface area contributed by atoms with E-state index in [0.29, 0.717) is 11.1 Å². The van der Waals surface area contributed by atoms with E-state index in [1.165, 1.54) is 32.4 Å². The maximum atomic E-state index is 12.6. The van der Waals surface area contributed by atoms with Crippen molar-refractivity contribution < 1.29 is 27.8 Å². The zero-order chi connectivity index (χ0) is 20.0. The van der Waals surface area contributed by atoms with Crippen molar-refractivity contribution in [1.82, 2.24) is 0 Å². The minimum absolute atomic E-state index is 0.0125. The highest BCUT2D eigenvalue weighted by Gasteiger charge is 2.19. The summed E-state index contributed by atoms with van der Waals surface area (Å²) in [5.74, 6) is -0.736. The lowest BCUT2D eigenvalue weighted by atomic mass is 9.98. The van der Waals surface area contributed by atoms with E-state index in [1.54, 1.807) is 31.2 Å². The van der Waals surface area contributed by atoms with Crippen molar-refractivity contribution in [3.05, 3.63) is 58.7 Å². The first kappa shape index (κ1) is 19.9. The van der Waals surface area contributed by atoms with E-state index in [2.05, 4.69) is 4.74 Å². The number of benzene rings is 2. The molecule has 0 aromatic heterocycles. The molecule has 2 aromatic carbocycles. The number of hydrogen-bond acceptors (Lipinski definition) is 5. The number of Topliss-reactive ketones (excluding diaryl/α,β-unsaturated/α-hetero) is 1. The molecule has 0 atom stereocenters. The lowest BCUT2D eigenvalue weighted by Gasteiger charge is -2.14. The molecule has 140 valence electrons. The van der Waals surface area contributed by atoms with Gasteiger partial charge in [-0.15, -0.1) is 0 Å². The second kappa shape index (κ2) is 8.81. The van der Waals surface area contributed by atoms with Gasteiger partial charge in [0.1, 0.15) is 11.6 Å². The van der Waals surface area contributed by atoms with Crippen molar-refractivity contribution >= 4 is 11.9 Å². The van der Waals surface area contributed by atoms with Crippen LogP contribution in [0, 0.1) is 18.3 Å². The molecule has 0 unspecified atom stereocenters. The molecule has 0 spiro atoms. The monoisotopic (exact) mass is 373 g/mol. The second-order valence-electron chi connectivity index (χ2n) is 5.45. The molecule has 7 heteroatoms. The van der Waals surface area contributed by atoms with Crippen LogP contribution >= 0.6 is 0 Å². The molecule has 0 heterocycles. The van der Waals surface area contributed by atoms with Gasteiger partial charge in [0.05, 0.1) is 14.2 Å². The standard InChI is InChI=1S/C20H17F2NO4/c1-12-6-4-5-7-15(12)18(24)14(11-23)8-13-9-16(25-2)19(27-20(21)22)17(10-13)26-3/h4-10,20H,1-3H3/b14-8+. The van der Waals surface area contributed by atoms with Gasteiger partial charge in [-0.2, -0.15) is 14.0 Å². The van der Waals surface area contributed by atoms with Gasteiger partial charge in [-0.3, -0.25) is 4.79 Å². The van der Waals surface area contributed by atoms with E-state index in [1.807, 2.05) is 6.07 Å². The average molecular weight is 373 g/mol. The Bertz CT molecular complexity index is 891. The first-order valence-corrected chi connectivity index (χ1v) is 7.84. The molecule has 5 nitrogen and oxygen atoms in total. The van der Waals surface area contributed by atoms with Gasteiger partial charge in [-0.1, -0.05) is 24.3 Å². The summed E-state index contributed by atoms with van der Waals surface area (Å²) in [4.78, 5) is 12.6. The zero-order valence-electron chi connectivity index (χ0n) is 15.0. The van der Waals surface area contributed by atoms with E-state index >= 15 is 0 Å². The molecule has 0 aliphatic carbocycles. The molecule has 2 aromatic rings. The Hall–Kier alpha value is -3.40. The van der Waals surface area contributed by atoms with Gasteiger partial charge in [-0.05, 0) is 36.3 Å². The van der Waals surface area contributed by atoms with Gasteiger partial charge in [0.2, 0.25) is 11.5 Å². The first-order chi connectivity index (χ1) is 12.9. The van der Waals surface area contributed by atoms with Gasteiger partial charge in [0, 0.05) is 5.56 Å². The van der Waals surface area contributed by atoms with Gasteiger partial charge in [0.15, 0.2) is 11.5 Å². The van der Waals surface area contributed by atoms with Crippen LogP contribution in [0.5, 0.6) is 17.2 Å². The number of carbonyl (C=O) groups excluding carboxylic acids is 1. The van der Waals surface area contributed by atoms with Gasteiger partial charge in [-0.25, -0.2) is 0 Å². The van der Waals surface area contributed by atoms with Crippen molar-refractivity contribution in [3.63, 3.8) is 0 Å². The molecule has 0 amide bonds. The third kappa shape index (κ3) is 4.61.